The molecule has 9 heteroatoms. The first-order chi connectivity index (χ1) is 16.0. The zero-order valence-electron chi connectivity index (χ0n) is 18.5. The van der Waals surface area contributed by atoms with Crippen LogP contribution in [-0.2, 0) is 14.8 Å². The third-order valence-electron chi connectivity index (χ3n) is 6.48. The van der Waals surface area contributed by atoms with Gasteiger partial charge in [-0.15, -0.1) is 0 Å². The number of para-hydroxylation sites is 2. The minimum Gasteiger partial charge on any atom is -0.454 e. The Kier molecular flexibility index (Phi) is 6.27. The van der Waals surface area contributed by atoms with Crippen LogP contribution in [0.15, 0.2) is 41.3 Å². The van der Waals surface area contributed by atoms with Gasteiger partial charge in [0.25, 0.3) is 5.91 Å². The van der Waals surface area contributed by atoms with E-state index in [0.717, 1.165) is 25.7 Å². The van der Waals surface area contributed by atoms with E-state index in [4.69, 9.17) is 9.47 Å². The van der Waals surface area contributed by atoms with Gasteiger partial charge in [-0.05, 0) is 31.0 Å². The average Bonchev–Trinajstić information content (AvgIpc) is 3.16. The van der Waals surface area contributed by atoms with E-state index in [1.54, 1.807) is 18.2 Å². The Bertz CT molecular complexity index is 1140. The maximum absolute atomic E-state index is 13.7. The van der Waals surface area contributed by atoms with Crippen molar-refractivity contribution >= 4 is 27.3 Å². The number of morpholine rings is 1. The number of ether oxygens (including phenoxy) is 2. The molecule has 0 unspecified atom stereocenters. The summed E-state index contributed by atoms with van der Waals surface area (Å²) in [5.41, 5.74) is 1.23. The predicted molar refractivity (Wildman–Crippen MR) is 126 cm³/mol. The highest BCUT2D eigenvalue weighted by Crippen LogP contribution is 2.40. The van der Waals surface area contributed by atoms with Crippen LogP contribution >= 0.6 is 0 Å². The summed E-state index contributed by atoms with van der Waals surface area (Å²) in [6.45, 7) is 1.29. The number of anilines is 2. The lowest BCUT2D eigenvalue weighted by molar-refractivity contribution is 0.0730. The second-order valence-corrected chi connectivity index (χ2v) is 10.7. The molecule has 0 atom stereocenters. The molecular formula is C24H29N3O5S. The van der Waals surface area contributed by atoms with Crippen molar-refractivity contribution in [3.63, 3.8) is 0 Å². The van der Waals surface area contributed by atoms with Crippen LogP contribution in [0.25, 0.3) is 0 Å². The standard InChI is InChI=1S/C24H29N3O5S/c28-24-18-15-23(33(29,30)27-11-13-31-14-12-27)20(25-17-7-3-1-2-4-8-17)16-22(18)32-21-10-6-5-9-19(21)26-24/h5-6,9-10,15-17,25H,1-4,7-8,11-14H2,(H,26,28). The Hall–Kier alpha value is -2.62. The molecule has 0 spiro atoms. The summed E-state index contributed by atoms with van der Waals surface area (Å²) in [7, 11) is -3.83. The first-order valence-corrected chi connectivity index (χ1v) is 13.1. The number of carbonyl (C=O) groups is 1. The first kappa shape index (κ1) is 22.2. The van der Waals surface area contributed by atoms with Gasteiger partial charge in [-0.1, -0.05) is 37.8 Å². The van der Waals surface area contributed by atoms with E-state index in [2.05, 4.69) is 10.6 Å². The number of rotatable bonds is 4. The molecular weight excluding hydrogens is 442 g/mol. The van der Waals surface area contributed by atoms with Crippen molar-refractivity contribution in [1.82, 2.24) is 4.31 Å². The number of benzene rings is 2. The number of sulfonamides is 1. The van der Waals surface area contributed by atoms with Crippen LogP contribution in [0.4, 0.5) is 11.4 Å². The van der Waals surface area contributed by atoms with Crippen molar-refractivity contribution in [2.45, 2.75) is 49.5 Å². The summed E-state index contributed by atoms with van der Waals surface area (Å²) in [6, 6.07) is 10.5. The van der Waals surface area contributed by atoms with Gasteiger partial charge in [0.1, 0.15) is 10.6 Å². The van der Waals surface area contributed by atoms with Crippen LogP contribution in [0, 0.1) is 0 Å². The highest BCUT2D eigenvalue weighted by Gasteiger charge is 2.33. The molecule has 33 heavy (non-hydrogen) atoms. The van der Waals surface area contributed by atoms with Crippen LogP contribution in [0.3, 0.4) is 0 Å². The van der Waals surface area contributed by atoms with Crippen molar-refractivity contribution in [2.75, 3.05) is 36.9 Å². The fourth-order valence-electron chi connectivity index (χ4n) is 4.68. The summed E-state index contributed by atoms with van der Waals surface area (Å²) >= 11 is 0. The van der Waals surface area contributed by atoms with Gasteiger partial charge in [-0.2, -0.15) is 4.31 Å². The number of hydrogen-bond donors (Lipinski definition) is 2. The van der Waals surface area contributed by atoms with Gasteiger partial charge < -0.3 is 20.1 Å². The summed E-state index contributed by atoms with van der Waals surface area (Å²) in [6.07, 6.45) is 6.58. The van der Waals surface area contributed by atoms with E-state index in [1.807, 2.05) is 12.1 Å². The van der Waals surface area contributed by atoms with Gasteiger partial charge in [0.05, 0.1) is 30.2 Å². The van der Waals surface area contributed by atoms with E-state index >= 15 is 0 Å². The highest BCUT2D eigenvalue weighted by molar-refractivity contribution is 7.89. The average molecular weight is 472 g/mol. The fraction of sp³-hybridized carbons (Fsp3) is 0.458. The first-order valence-electron chi connectivity index (χ1n) is 11.6. The number of nitrogens with one attached hydrogen (secondary N) is 2. The Labute approximate surface area is 194 Å². The van der Waals surface area contributed by atoms with Gasteiger partial charge in [-0.25, -0.2) is 8.42 Å². The number of hydrogen-bond acceptors (Lipinski definition) is 6. The number of fused-ring (bicyclic) bond motifs is 2. The Balaban J connectivity index is 1.59. The van der Waals surface area contributed by atoms with Gasteiger partial charge in [0, 0.05) is 25.2 Å². The van der Waals surface area contributed by atoms with Crippen LogP contribution in [0.5, 0.6) is 11.5 Å². The highest BCUT2D eigenvalue weighted by atomic mass is 32.2. The summed E-state index contributed by atoms with van der Waals surface area (Å²) in [5.74, 6) is 0.470. The zero-order valence-corrected chi connectivity index (χ0v) is 19.3. The van der Waals surface area contributed by atoms with Gasteiger partial charge >= 0.3 is 0 Å². The Morgan fingerprint density at radius 1 is 0.970 bits per heavy atom. The minimum atomic E-state index is -3.83. The molecule has 2 N–H and O–H groups in total. The lowest BCUT2D eigenvalue weighted by Gasteiger charge is -2.28. The summed E-state index contributed by atoms with van der Waals surface area (Å²) in [5, 5.41) is 6.33. The fourth-order valence-corrected chi connectivity index (χ4v) is 6.26. The molecule has 8 nitrogen and oxygen atoms in total. The Morgan fingerprint density at radius 3 is 2.45 bits per heavy atom. The second kappa shape index (κ2) is 9.32. The molecule has 0 radical (unpaired) electrons. The van der Waals surface area contributed by atoms with Gasteiger partial charge in [-0.3, -0.25) is 4.79 Å². The number of carbonyl (C=O) groups excluding carboxylic acids is 1. The van der Waals surface area contributed by atoms with Gasteiger partial charge in [0.15, 0.2) is 5.75 Å². The van der Waals surface area contributed by atoms with E-state index in [9.17, 15) is 13.2 Å². The zero-order chi connectivity index (χ0) is 22.8. The molecule has 2 aromatic carbocycles. The molecule has 2 aliphatic heterocycles. The monoisotopic (exact) mass is 471 g/mol. The number of amides is 1. The van der Waals surface area contributed by atoms with Crippen molar-refractivity contribution in [3.8, 4) is 11.5 Å². The normalized spacial score (nSPS) is 19.9. The van der Waals surface area contributed by atoms with Crippen LogP contribution in [0.2, 0.25) is 0 Å². The molecule has 1 aliphatic carbocycles. The van der Waals surface area contributed by atoms with E-state index in [-0.39, 0.29) is 29.6 Å². The van der Waals surface area contributed by atoms with Crippen molar-refractivity contribution in [3.05, 3.63) is 42.0 Å². The number of nitrogens with zero attached hydrogens (tertiary/aromatic N) is 1. The maximum Gasteiger partial charge on any atom is 0.259 e. The van der Waals surface area contributed by atoms with E-state index < -0.39 is 15.9 Å². The molecule has 2 heterocycles. The van der Waals surface area contributed by atoms with Crippen LogP contribution < -0.4 is 15.4 Å². The lowest BCUT2D eigenvalue weighted by Crippen LogP contribution is -2.41. The van der Waals surface area contributed by atoms with Crippen molar-refractivity contribution in [2.24, 2.45) is 0 Å². The van der Waals surface area contributed by atoms with Crippen LogP contribution in [-0.4, -0.2) is 51.0 Å². The van der Waals surface area contributed by atoms with E-state index in [0.29, 0.717) is 36.1 Å². The molecule has 5 rings (SSSR count). The molecule has 0 bridgehead atoms. The molecule has 0 aromatic heterocycles. The van der Waals surface area contributed by atoms with E-state index in [1.165, 1.54) is 23.2 Å². The molecule has 1 saturated heterocycles. The largest absolute Gasteiger partial charge is 0.454 e. The molecule has 2 aromatic rings. The van der Waals surface area contributed by atoms with Gasteiger partial charge in [0.2, 0.25) is 10.0 Å². The summed E-state index contributed by atoms with van der Waals surface area (Å²) in [4.78, 5) is 13.1. The third-order valence-corrected chi connectivity index (χ3v) is 8.42. The molecule has 3 aliphatic rings. The maximum atomic E-state index is 13.7. The molecule has 1 saturated carbocycles. The molecule has 1 amide bonds. The Morgan fingerprint density at radius 2 is 1.70 bits per heavy atom. The smallest absolute Gasteiger partial charge is 0.259 e. The lowest BCUT2D eigenvalue weighted by atomic mass is 10.1. The minimum absolute atomic E-state index is 0.108. The SMILES string of the molecule is O=C1Nc2ccccc2Oc2cc(NC3CCCCCC3)c(S(=O)(=O)N3CCOCC3)cc21. The topological polar surface area (TPSA) is 97.0 Å². The van der Waals surface area contributed by atoms with Crippen molar-refractivity contribution in [1.29, 1.82) is 0 Å². The molecule has 2 fully saturated rings. The predicted octanol–water partition coefficient (Wildman–Crippen LogP) is 4.20. The second-order valence-electron chi connectivity index (χ2n) is 8.75. The summed E-state index contributed by atoms with van der Waals surface area (Å²) < 4.78 is 40.2. The van der Waals surface area contributed by atoms with Crippen molar-refractivity contribution < 1.29 is 22.7 Å². The molecule has 176 valence electrons. The van der Waals surface area contributed by atoms with Crippen LogP contribution in [0.1, 0.15) is 48.9 Å². The quantitative estimate of drug-likeness (QED) is 0.649. The third kappa shape index (κ3) is 4.58.